The molecule has 1 atom stereocenters. The van der Waals surface area contributed by atoms with Crippen LogP contribution in [0.5, 0.6) is 5.88 Å². The molecule has 1 aliphatic rings. The highest BCUT2D eigenvalue weighted by atomic mass is 19.4. The molecule has 6 nitrogen and oxygen atoms in total. The maximum atomic E-state index is 12.3. The van der Waals surface area contributed by atoms with Gasteiger partial charge in [0.05, 0.1) is 12.2 Å². The van der Waals surface area contributed by atoms with Crippen molar-refractivity contribution in [2.45, 2.75) is 31.5 Å². The quantitative estimate of drug-likeness (QED) is 0.679. The van der Waals surface area contributed by atoms with Crippen molar-refractivity contribution in [3.63, 3.8) is 0 Å². The third-order valence-electron chi connectivity index (χ3n) is 4.60. The molecule has 2 N–H and O–H groups in total. The standard InChI is InChI=1S/C21H24F3N3O3/c22-21(23,24)14-30-19-8-5-16(12-26-19)20(28)27-17-6-3-15(4-7-17)9-10-25-18-2-1-11-29-13-18/h3-8,12,18,25H,1-2,9-11,13-14H2,(H,27,28). The van der Waals surface area contributed by atoms with Crippen LogP contribution in [-0.2, 0) is 11.2 Å². The minimum Gasteiger partial charge on any atom is -0.468 e. The van der Waals surface area contributed by atoms with E-state index in [1.807, 2.05) is 24.3 Å². The Balaban J connectivity index is 1.44. The van der Waals surface area contributed by atoms with Crippen molar-refractivity contribution in [2.24, 2.45) is 0 Å². The summed E-state index contributed by atoms with van der Waals surface area (Å²) in [5, 5.41) is 6.22. The average Bonchev–Trinajstić information content (AvgIpc) is 2.74. The van der Waals surface area contributed by atoms with E-state index >= 15 is 0 Å². The fraction of sp³-hybridized carbons (Fsp3) is 0.429. The highest BCUT2D eigenvalue weighted by Gasteiger charge is 2.28. The fourth-order valence-corrected chi connectivity index (χ4v) is 3.04. The third-order valence-corrected chi connectivity index (χ3v) is 4.60. The maximum Gasteiger partial charge on any atom is 0.422 e. The normalized spacial score (nSPS) is 16.8. The van der Waals surface area contributed by atoms with Gasteiger partial charge in [-0.3, -0.25) is 4.79 Å². The zero-order valence-corrected chi connectivity index (χ0v) is 16.4. The van der Waals surface area contributed by atoms with Crippen LogP contribution in [-0.4, -0.2) is 49.5 Å². The highest BCUT2D eigenvalue weighted by molar-refractivity contribution is 6.04. The van der Waals surface area contributed by atoms with Crippen LogP contribution in [0.3, 0.4) is 0 Å². The first-order valence-corrected chi connectivity index (χ1v) is 9.76. The Morgan fingerprint density at radius 3 is 2.63 bits per heavy atom. The highest BCUT2D eigenvalue weighted by Crippen LogP contribution is 2.18. The van der Waals surface area contributed by atoms with E-state index in [0.717, 1.165) is 44.6 Å². The lowest BCUT2D eigenvalue weighted by atomic mass is 10.1. The molecule has 0 aliphatic carbocycles. The van der Waals surface area contributed by atoms with Crippen LogP contribution >= 0.6 is 0 Å². The van der Waals surface area contributed by atoms with Gasteiger partial charge in [0.25, 0.3) is 5.91 Å². The van der Waals surface area contributed by atoms with Crippen LogP contribution in [0.4, 0.5) is 18.9 Å². The number of nitrogens with zero attached hydrogens (tertiary/aromatic N) is 1. The number of carbonyl (C=O) groups is 1. The Bertz CT molecular complexity index is 805. The second-order valence-corrected chi connectivity index (χ2v) is 7.06. The van der Waals surface area contributed by atoms with Crippen LogP contribution in [0.1, 0.15) is 28.8 Å². The lowest BCUT2D eigenvalue weighted by Gasteiger charge is -2.23. The van der Waals surface area contributed by atoms with E-state index < -0.39 is 18.7 Å². The van der Waals surface area contributed by atoms with E-state index in [9.17, 15) is 18.0 Å². The predicted octanol–water partition coefficient (Wildman–Crippen LogP) is 3.59. The van der Waals surface area contributed by atoms with Gasteiger partial charge in [0.1, 0.15) is 0 Å². The first-order valence-electron chi connectivity index (χ1n) is 9.76. The Kier molecular flexibility index (Phi) is 7.64. The van der Waals surface area contributed by atoms with Crippen molar-refractivity contribution in [1.29, 1.82) is 0 Å². The van der Waals surface area contributed by atoms with Crippen molar-refractivity contribution in [3.8, 4) is 5.88 Å². The van der Waals surface area contributed by atoms with E-state index in [1.165, 1.54) is 18.3 Å². The van der Waals surface area contributed by atoms with Gasteiger partial charge >= 0.3 is 6.18 Å². The number of benzene rings is 1. The molecular weight excluding hydrogens is 399 g/mol. The van der Waals surface area contributed by atoms with Crippen molar-refractivity contribution in [3.05, 3.63) is 53.7 Å². The monoisotopic (exact) mass is 423 g/mol. The lowest BCUT2D eigenvalue weighted by molar-refractivity contribution is -0.154. The molecular formula is C21H24F3N3O3. The van der Waals surface area contributed by atoms with Crippen LogP contribution in [0, 0.1) is 0 Å². The molecule has 1 aromatic carbocycles. The van der Waals surface area contributed by atoms with Gasteiger partial charge in [0, 0.05) is 30.6 Å². The zero-order chi connectivity index (χ0) is 21.4. The minimum atomic E-state index is -4.44. The molecule has 1 saturated heterocycles. The van der Waals surface area contributed by atoms with E-state index in [1.54, 1.807) is 0 Å². The molecule has 162 valence electrons. The molecule has 0 spiro atoms. The molecule has 1 unspecified atom stereocenters. The summed E-state index contributed by atoms with van der Waals surface area (Å²) in [7, 11) is 0. The number of alkyl halides is 3. The van der Waals surface area contributed by atoms with E-state index in [4.69, 9.17) is 4.74 Å². The van der Waals surface area contributed by atoms with Gasteiger partial charge in [-0.05, 0) is 49.6 Å². The molecule has 2 heterocycles. The number of aromatic nitrogens is 1. The van der Waals surface area contributed by atoms with E-state index in [0.29, 0.717) is 11.7 Å². The van der Waals surface area contributed by atoms with Crippen molar-refractivity contribution >= 4 is 11.6 Å². The SMILES string of the molecule is O=C(Nc1ccc(CCNC2CCCOC2)cc1)c1ccc(OCC(F)(F)F)nc1. The average molecular weight is 423 g/mol. The number of halogens is 3. The summed E-state index contributed by atoms with van der Waals surface area (Å²) >= 11 is 0. The molecule has 1 amide bonds. The summed E-state index contributed by atoms with van der Waals surface area (Å²) in [6.07, 6.45) is -0.172. The first-order chi connectivity index (χ1) is 14.4. The number of ether oxygens (including phenoxy) is 2. The van der Waals surface area contributed by atoms with Crippen LogP contribution in [0.2, 0.25) is 0 Å². The second-order valence-electron chi connectivity index (χ2n) is 7.06. The number of nitrogens with one attached hydrogen (secondary N) is 2. The number of carbonyl (C=O) groups excluding carboxylic acids is 1. The Hall–Kier alpha value is -2.65. The molecule has 30 heavy (non-hydrogen) atoms. The second kappa shape index (κ2) is 10.4. The zero-order valence-electron chi connectivity index (χ0n) is 16.4. The minimum absolute atomic E-state index is 0.193. The van der Waals surface area contributed by atoms with Gasteiger partial charge < -0.3 is 20.1 Å². The number of anilines is 1. The largest absolute Gasteiger partial charge is 0.468 e. The summed E-state index contributed by atoms with van der Waals surface area (Å²) < 4.78 is 46.4. The topological polar surface area (TPSA) is 72.5 Å². The van der Waals surface area contributed by atoms with Gasteiger partial charge in [-0.25, -0.2) is 4.98 Å². The Morgan fingerprint density at radius 1 is 1.20 bits per heavy atom. The summed E-state index contributed by atoms with van der Waals surface area (Å²) in [5.41, 5.74) is 1.98. The number of rotatable bonds is 8. The summed E-state index contributed by atoms with van der Waals surface area (Å²) in [4.78, 5) is 16.0. The van der Waals surface area contributed by atoms with Crippen molar-refractivity contribution < 1.29 is 27.4 Å². The van der Waals surface area contributed by atoms with Gasteiger partial charge in [-0.15, -0.1) is 0 Å². The van der Waals surface area contributed by atoms with Crippen molar-refractivity contribution in [1.82, 2.24) is 10.3 Å². The maximum absolute atomic E-state index is 12.3. The third kappa shape index (κ3) is 7.31. The number of hydrogen-bond acceptors (Lipinski definition) is 5. The summed E-state index contributed by atoms with van der Waals surface area (Å²) in [5.74, 6) is -0.599. The van der Waals surface area contributed by atoms with Crippen molar-refractivity contribution in [2.75, 3.05) is 31.7 Å². The number of pyridine rings is 1. The molecule has 9 heteroatoms. The predicted molar refractivity (Wildman–Crippen MR) is 106 cm³/mol. The molecule has 0 bridgehead atoms. The van der Waals surface area contributed by atoms with Crippen LogP contribution in [0.15, 0.2) is 42.6 Å². The lowest BCUT2D eigenvalue weighted by Crippen LogP contribution is -2.37. The molecule has 0 radical (unpaired) electrons. The molecule has 1 aliphatic heterocycles. The van der Waals surface area contributed by atoms with Crippen LogP contribution < -0.4 is 15.4 Å². The van der Waals surface area contributed by atoms with E-state index in [2.05, 4.69) is 20.4 Å². The van der Waals surface area contributed by atoms with Crippen LogP contribution in [0.25, 0.3) is 0 Å². The molecule has 3 rings (SSSR count). The van der Waals surface area contributed by atoms with Gasteiger partial charge in [0.2, 0.25) is 5.88 Å². The number of amides is 1. The van der Waals surface area contributed by atoms with E-state index in [-0.39, 0.29) is 11.4 Å². The van der Waals surface area contributed by atoms with Gasteiger partial charge in [0.15, 0.2) is 6.61 Å². The molecule has 0 saturated carbocycles. The summed E-state index contributed by atoms with van der Waals surface area (Å²) in [6, 6.07) is 10.5. The smallest absolute Gasteiger partial charge is 0.422 e. The first kappa shape index (κ1) is 22.0. The molecule has 1 fully saturated rings. The van der Waals surface area contributed by atoms with Gasteiger partial charge in [-0.1, -0.05) is 12.1 Å². The van der Waals surface area contributed by atoms with Gasteiger partial charge in [-0.2, -0.15) is 13.2 Å². The molecule has 1 aromatic heterocycles. The molecule has 2 aromatic rings. The fourth-order valence-electron chi connectivity index (χ4n) is 3.04. The Labute approximate surface area is 172 Å². The number of hydrogen-bond donors (Lipinski definition) is 2. The summed E-state index contributed by atoms with van der Waals surface area (Å²) in [6.45, 7) is 1.03. The Morgan fingerprint density at radius 2 is 2.00 bits per heavy atom.